The second-order valence-corrected chi connectivity index (χ2v) is 6.34. The summed E-state index contributed by atoms with van der Waals surface area (Å²) in [6.45, 7) is 3.98. The molecule has 0 spiro atoms. The molecule has 3 aromatic rings. The fourth-order valence-electron chi connectivity index (χ4n) is 3.30. The third-order valence-electron chi connectivity index (χ3n) is 4.59. The zero-order chi connectivity index (χ0) is 17.6. The molecule has 1 aromatic heterocycles. The molecule has 0 radical (unpaired) electrons. The summed E-state index contributed by atoms with van der Waals surface area (Å²) in [5.41, 5.74) is 11.3. The molecule has 4 rings (SSSR count). The van der Waals surface area contributed by atoms with Crippen LogP contribution in [0.5, 0.6) is 5.75 Å². The van der Waals surface area contributed by atoms with Crippen molar-refractivity contribution in [3.05, 3.63) is 82.4 Å². The van der Waals surface area contributed by atoms with Crippen LogP contribution < -0.4 is 10.5 Å². The Hall–Kier alpha value is -3.32. The van der Waals surface area contributed by atoms with Crippen LogP contribution in [-0.4, -0.2) is 4.98 Å². The van der Waals surface area contributed by atoms with Crippen LogP contribution in [0.15, 0.2) is 60.0 Å². The molecule has 0 amide bonds. The number of nitriles is 1. The van der Waals surface area contributed by atoms with Crippen LogP contribution in [-0.2, 0) is 0 Å². The third kappa shape index (κ3) is 2.41. The van der Waals surface area contributed by atoms with E-state index in [9.17, 15) is 5.26 Å². The molecule has 122 valence electrons. The molecule has 1 atom stereocenters. The first kappa shape index (κ1) is 15.2. The number of hydrogen-bond acceptors (Lipinski definition) is 4. The Morgan fingerprint density at radius 2 is 1.76 bits per heavy atom. The molecule has 0 fully saturated rings. The van der Waals surface area contributed by atoms with Gasteiger partial charge in [-0.1, -0.05) is 48.0 Å². The largest absolute Gasteiger partial charge is 0.438 e. The number of nitrogens with two attached hydrogens (primary N) is 1. The number of hydrogen-bond donors (Lipinski definition) is 1. The lowest BCUT2D eigenvalue weighted by molar-refractivity contribution is 0.397. The smallest absolute Gasteiger partial charge is 0.205 e. The second-order valence-electron chi connectivity index (χ2n) is 6.34. The molecule has 0 aliphatic carbocycles. The van der Waals surface area contributed by atoms with E-state index in [2.05, 4.69) is 11.1 Å². The summed E-state index contributed by atoms with van der Waals surface area (Å²) in [4.78, 5) is 4.63. The van der Waals surface area contributed by atoms with Crippen molar-refractivity contribution in [3.63, 3.8) is 0 Å². The molecule has 0 saturated carbocycles. The van der Waals surface area contributed by atoms with Crippen molar-refractivity contribution >= 4 is 10.9 Å². The van der Waals surface area contributed by atoms with Gasteiger partial charge >= 0.3 is 0 Å². The van der Waals surface area contributed by atoms with Crippen molar-refractivity contribution in [2.75, 3.05) is 0 Å². The predicted molar refractivity (Wildman–Crippen MR) is 97.0 cm³/mol. The highest BCUT2D eigenvalue weighted by molar-refractivity contribution is 5.87. The Labute approximate surface area is 146 Å². The Morgan fingerprint density at radius 3 is 2.48 bits per heavy atom. The Bertz CT molecular complexity index is 1060. The Balaban J connectivity index is 2.01. The molecule has 0 saturated heterocycles. The van der Waals surface area contributed by atoms with Gasteiger partial charge in [0.1, 0.15) is 17.2 Å². The van der Waals surface area contributed by atoms with E-state index in [1.54, 1.807) is 0 Å². The predicted octanol–water partition coefficient (Wildman–Crippen LogP) is 4.07. The molecular formula is C21H17N3O. The van der Waals surface area contributed by atoms with Gasteiger partial charge in [-0.05, 0) is 25.5 Å². The number of aryl methyl sites for hydroxylation is 2. The van der Waals surface area contributed by atoms with E-state index in [-0.39, 0.29) is 11.8 Å². The minimum Gasteiger partial charge on any atom is -0.438 e. The first-order valence-corrected chi connectivity index (χ1v) is 8.13. The van der Waals surface area contributed by atoms with Gasteiger partial charge in [0.05, 0.1) is 5.92 Å². The first-order valence-electron chi connectivity index (χ1n) is 8.13. The van der Waals surface area contributed by atoms with Gasteiger partial charge in [-0.3, -0.25) is 0 Å². The lowest BCUT2D eigenvalue weighted by Gasteiger charge is -2.27. The highest BCUT2D eigenvalue weighted by Gasteiger charge is 2.32. The van der Waals surface area contributed by atoms with E-state index in [4.69, 9.17) is 10.5 Å². The number of ether oxygens (including phenoxy) is 1. The monoisotopic (exact) mass is 327 g/mol. The van der Waals surface area contributed by atoms with E-state index in [1.807, 2.05) is 62.4 Å². The zero-order valence-electron chi connectivity index (χ0n) is 14.1. The average Bonchev–Trinajstić information content (AvgIpc) is 2.61. The molecule has 1 aliphatic rings. The molecule has 0 bridgehead atoms. The number of rotatable bonds is 1. The summed E-state index contributed by atoms with van der Waals surface area (Å²) in [7, 11) is 0. The maximum atomic E-state index is 9.65. The van der Waals surface area contributed by atoms with Gasteiger partial charge in [0.25, 0.3) is 0 Å². The topological polar surface area (TPSA) is 71.9 Å². The number of fused-ring (bicyclic) bond motifs is 3. The molecule has 2 N–H and O–H groups in total. The van der Waals surface area contributed by atoms with Crippen LogP contribution in [0.1, 0.15) is 28.3 Å². The summed E-state index contributed by atoms with van der Waals surface area (Å²) in [6.07, 6.45) is 0. The quantitative estimate of drug-likeness (QED) is 0.731. The van der Waals surface area contributed by atoms with Crippen molar-refractivity contribution in [2.45, 2.75) is 19.8 Å². The van der Waals surface area contributed by atoms with Crippen molar-refractivity contribution in [2.24, 2.45) is 5.73 Å². The molecule has 4 nitrogen and oxygen atoms in total. The molecule has 1 unspecified atom stereocenters. The molecule has 4 heteroatoms. The van der Waals surface area contributed by atoms with Crippen LogP contribution in [0.25, 0.3) is 10.9 Å². The van der Waals surface area contributed by atoms with Gasteiger partial charge in [-0.15, -0.1) is 0 Å². The molecule has 2 heterocycles. The van der Waals surface area contributed by atoms with Crippen molar-refractivity contribution < 1.29 is 4.74 Å². The van der Waals surface area contributed by atoms with Crippen LogP contribution >= 0.6 is 0 Å². The number of aromatic nitrogens is 1. The van der Waals surface area contributed by atoms with Gasteiger partial charge in [0.2, 0.25) is 5.88 Å². The fraction of sp³-hybridized carbons (Fsp3) is 0.143. The third-order valence-corrected chi connectivity index (χ3v) is 4.59. The van der Waals surface area contributed by atoms with Crippen LogP contribution in [0.3, 0.4) is 0 Å². The van der Waals surface area contributed by atoms with Gasteiger partial charge in [-0.25, -0.2) is 4.98 Å². The van der Waals surface area contributed by atoms with E-state index >= 15 is 0 Å². The highest BCUT2D eigenvalue weighted by atomic mass is 16.5. The molecular weight excluding hydrogens is 310 g/mol. The number of pyridine rings is 1. The normalized spacial score (nSPS) is 16.3. The first-order chi connectivity index (χ1) is 12.1. The van der Waals surface area contributed by atoms with Crippen LogP contribution in [0.2, 0.25) is 0 Å². The zero-order valence-corrected chi connectivity index (χ0v) is 14.1. The summed E-state index contributed by atoms with van der Waals surface area (Å²) in [6, 6.07) is 18.4. The van der Waals surface area contributed by atoms with Crippen molar-refractivity contribution in [1.82, 2.24) is 4.98 Å². The van der Waals surface area contributed by atoms with Crippen molar-refractivity contribution in [1.29, 1.82) is 5.26 Å². The summed E-state index contributed by atoms with van der Waals surface area (Å²) in [5, 5.41) is 10.6. The van der Waals surface area contributed by atoms with E-state index in [0.29, 0.717) is 11.3 Å². The van der Waals surface area contributed by atoms with E-state index < -0.39 is 0 Å². The van der Waals surface area contributed by atoms with Gasteiger partial charge in [0, 0.05) is 16.6 Å². The maximum absolute atomic E-state index is 9.65. The standard InChI is InChI=1S/C21H17N3O/c1-12-3-6-14(7-4-12)18-16-10-9-15-8-5-13(2)24-19(15)20(16)25-21(23)17(18)11-22/h3-10,18H,23H2,1-2H3. The second kappa shape index (κ2) is 5.64. The highest BCUT2D eigenvalue weighted by Crippen LogP contribution is 2.44. The minimum absolute atomic E-state index is 0.149. The molecule has 25 heavy (non-hydrogen) atoms. The summed E-state index contributed by atoms with van der Waals surface area (Å²) >= 11 is 0. The molecule has 2 aromatic carbocycles. The Morgan fingerprint density at radius 1 is 1.04 bits per heavy atom. The molecule has 1 aliphatic heterocycles. The number of nitrogens with zero attached hydrogens (tertiary/aromatic N) is 2. The van der Waals surface area contributed by atoms with Gasteiger partial charge in [0.15, 0.2) is 5.75 Å². The van der Waals surface area contributed by atoms with Gasteiger partial charge < -0.3 is 10.5 Å². The van der Waals surface area contributed by atoms with Gasteiger partial charge in [-0.2, -0.15) is 5.26 Å². The number of allylic oxidation sites excluding steroid dienone is 1. The van der Waals surface area contributed by atoms with Crippen LogP contribution in [0, 0.1) is 25.2 Å². The van der Waals surface area contributed by atoms with E-state index in [0.717, 1.165) is 27.7 Å². The summed E-state index contributed by atoms with van der Waals surface area (Å²) < 4.78 is 5.85. The number of benzene rings is 2. The summed E-state index contributed by atoms with van der Waals surface area (Å²) in [5.74, 6) is 0.542. The van der Waals surface area contributed by atoms with Crippen LogP contribution in [0.4, 0.5) is 0 Å². The minimum atomic E-state index is -0.249. The average molecular weight is 327 g/mol. The maximum Gasteiger partial charge on any atom is 0.205 e. The Kier molecular flexibility index (Phi) is 3.43. The fourth-order valence-corrected chi connectivity index (χ4v) is 3.30. The van der Waals surface area contributed by atoms with Crippen molar-refractivity contribution in [3.8, 4) is 11.8 Å². The van der Waals surface area contributed by atoms with E-state index in [1.165, 1.54) is 5.56 Å². The SMILES string of the molecule is Cc1ccc(C2C(C#N)=C(N)Oc3c2ccc2ccc(C)nc32)cc1. The lowest BCUT2D eigenvalue weighted by atomic mass is 9.83. The lowest BCUT2D eigenvalue weighted by Crippen LogP contribution is -2.21.